The van der Waals surface area contributed by atoms with Crippen LogP contribution in [0, 0.1) is 0 Å². The van der Waals surface area contributed by atoms with Crippen molar-refractivity contribution in [2.45, 2.75) is 12.8 Å². The Balaban J connectivity index is 1.41. The van der Waals surface area contributed by atoms with Gasteiger partial charge in [-0.1, -0.05) is 30.3 Å². The highest BCUT2D eigenvalue weighted by Crippen LogP contribution is 2.25. The summed E-state index contributed by atoms with van der Waals surface area (Å²) in [5.41, 5.74) is 9.01. The number of carbonyl (C=O) groups is 1. The van der Waals surface area contributed by atoms with Crippen molar-refractivity contribution in [1.29, 1.82) is 0 Å². The molecule has 0 radical (unpaired) electrons. The van der Waals surface area contributed by atoms with Gasteiger partial charge in [0, 0.05) is 18.0 Å². The Hall–Kier alpha value is -4.08. The number of ether oxygens (including phenoxy) is 1. The van der Waals surface area contributed by atoms with Crippen LogP contribution in [-0.4, -0.2) is 26.9 Å². The Morgan fingerprint density at radius 2 is 1.84 bits per heavy atom. The Morgan fingerprint density at radius 1 is 1.06 bits per heavy atom. The number of carbonyl (C=O) groups excluding carboxylic acids is 1. The van der Waals surface area contributed by atoms with Crippen molar-refractivity contribution < 1.29 is 22.7 Å². The van der Waals surface area contributed by atoms with E-state index < -0.39 is 12.1 Å². The fourth-order valence-electron chi connectivity index (χ4n) is 3.05. The van der Waals surface area contributed by atoms with Crippen molar-refractivity contribution in [3.8, 4) is 16.9 Å². The summed E-state index contributed by atoms with van der Waals surface area (Å²) < 4.78 is 42.4. The van der Waals surface area contributed by atoms with Crippen molar-refractivity contribution in [3.63, 3.8) is 0 Å². The van der Waals surface area contributed by atoms with Crippen molar-refractivity contribution in [2.75, 3.05) is 11.1 Å². The predicted octanol–water partition coefficient (Wildman–Crippen LogP) is 4.06. The zero-order chi connectivity index (χ0) is 22.0. The van der Waals surface area contributed by atoms with Crippen LogP contribution >= 0.6 is 0 Å². The minimum atomic E-state index is -4.80. The lowest BCUT2D eigenvalue weighted by Crippen LogP contribution is -2.18. The number of anilines is 2. The number of rotatable bonds is 5. The van der Waals surface area contributed by atoms with Gasteiger partial charge in [-0.3, -0.25) is 4.79 Å². The van der Waals surface area contributed by atoms with Crippen LogP contribution in [0.2, 0.25) is 0 Å². The van der Waals surface area contributed by atoms with E-state index in [2.05, 4.69) is 20.1 Å². The first-order valence-corrected chi connectivity index (χ1v) is 9.12. The quantitative estimate of drug-likeness (QED) is 0.501. The number of pyridine rings is 1. The van der Waals surface area contributed by atoms with Gasteiger partial charge in [0.05, 0.1) is 6.42 Å². The third-order valence-corrected chi connectivity index (χ3v) is 4.36. The Kier molecular flexibility index (Phi) is 5.20. The first-order chi connectivity index (χ1) is 14.7. The molecule has 31 heavy (non-hydrogen) atoms. The molecular formula is C21H16F3N5O2. The number of nitrogens with one attached hydrogen (secondary N) is 1. The molecule has 2 aromatic heterocycles. The summed E-state index contributed by atoms with van der Waals surface area (Å²) >= 11 is 0. The zero-order valence-corrected chi connectivity index (χ0v) is 15.9. The average molecular weight is 427 g/mol. The second kappa shape index (κ2) is 7.98. The summed E-state index contributed by atoms with van der Waals surface area (Å²) in [6, 6.07) is 16.2. The van der Waals surface area contributed by atoms with Crippen molar-refractivity contribution in [3.05, 3.63) is 72.4 Å². The molecule has 3 N–H and O–H groups in total. The van der Waals surface area contributed by atoms with Gasteiger partial charge in [0.1, 0.15) is 5.75 Å². The third kappa shape index (κ3) is 5.10. The standard InChI is InChI=1S/C21H16F3N5O2/c22-21(23,24)31-17-3-1-2-16(12-17)26-19(30)10-13-4-6-14(7-5-13)15-8-9-29-18(11-15)27-20(25)28-29/h1-9,11-12H,10H2,(H2,25,28)(H,26,30). The van der Waals surface area contributed by atoms with Crippen LogP contribution in [0.3, 0.4) is 0 Å². The number of halogens is 3. The molecule has 2 heterocycles. The number of alkyl halides is 3. The van der Waals surface area contributed by atoms with Gasteiger partial charge in [0.25, 0.3) is 0 Å². The van der Waals surface area contributed by atoms with Gasteiger partial charge in [-0.2, -0.15) is 4.98 Å². The van der Waals surface area contributed by atoms with Crippen molar-refractivity contribution >= 4 is 23.2 Å². The first-order valence-electron chi connectivity index (χ1n) is 9.12. The summed E-state index contributed by atoms with van der Waals surface area (Å²) in [6.45, 7) is 0. The molecule has 0 unspecified atom stereocenters. The van der Waals surface area contributed by atoms with Crippen LogP contribution in [0.15, 0.2) is 66.9 Å². The topological polar surface area (TPSA) is 94.5 Å². The Labute approximate surface area is 174 Å². The van der Waals surface area contributed by atoms with E-state index in [0.29, 0.717) is 5.65 Å². The normalized spacial score (nSPS) is 11.5. The van der Waals surface area contributed by atoms with E-state index in [1.807, 2.05) is 24.3 Å². The second-order valence-electron chi connectivity index (χ2n) is 6.69. The van der Waals surface area contributed by atoms with Crippen molar-refractivity contribution in [2.24, 2.45) is 0 Å². The lowest BCUT2D eigenvalue weighted by atomic mass is 10.0. The SMILES string of the molecule is Nc1nc2cc(-c3ccc(CC(=O)Nc4cccc(OC(F)(F)F)c4)cc3)ccn2n1. The zero-order valence-electron chi connectivity index (χ0n) is 15.9. The minimum absolute atomic E-state index is 0.0599. The molecule has 0 aliphatic heterocycles. The molecule has 0 bridgehead atoms. The van der Waals surface area contributed by atoms with E-state index >= 15 is 0 Å². The molecule has 4 aromatic rings. The maximum atomic E-state index is 12.3. The lowest BCUT2D eigenvalue weighted by molar-refractivity contribution is -0.274. The van der Waals surface area contributed by atoms with Gasteiger partial charge < -0.3 is 15.8 Å². The smallest absolute Gasteiger partial charge is 0.406 e. The summed E-state index contributed by atoms with van der Waals surface area (Å²) in [5, 5.41) is 6.60. The van der Waals surface area contributed by atoms with E-state index in [-0.39, 0.29) is 24.0 Å². The van der Waals surface area contributed by atoms with Crippen molar-refractivity contribution in [1.82, 2.24) is 14.6 Å². The molecule has 0 saturated heterocycles. The van der Waals surface area contributed by atoms with Gasteiger partial charge in [-0.05, 0) is 41.0 Å². The minimum Gasteiger partial charge on any atom is -0.406 e. The molecule has 0 aliphatic rings. The molecule has 0 atom stereocenters. The van der Waals surface area contributed by atoms with Crippen LogP contribution in [0.1, 0.15) is 5.56 Å². The number of aromatic nitrogens is 3. The maximum absolute atomic E-state index is 12.3. The van der Waals surface area contributed by atoms with E-state index in [4.69, 9.17) is 5.73 Å². The number of benzene rings is 2. The highest BCUT2D eigenvalue weighted by Gasteiger charge is 2.31. The van der Waals surface area contributed by atoms with E-state index in [9.17, 15) is 18.0 Å². The Morgan fingerprint density at radius 3 is 2.58 bits per heavy atom. The number of hydrogen-bond donors (Lipinski definition) is 2. The van der Waals surface area contributed by atoms with Crippen LogP contribution in [0.4, 0.5) is 24.8 Å². The molecule has 7 nitrogen and oxygen atoms in total. The summed E-state index contributed by atoms with van der Waals surface area (Å²) in [5.74, 6) is -0.577. The predicted molar refractivity (Wildman–Crippen MR) is 108 cm³/mol. The van der Waals surface area contributed by atoms with Gasteiger partial charge in [-0.15, -0.1) is 18.3 Å². The number of fused-ring (bicyclic) bond motifs is 1. The second-order valence-corrected chi connectivity index (χ2v) is 6.69. The summed E-state index contributed by atoms with van der Waals surface area (Å²) in [4.78, 5) is 16.4. The largest absolute Gasteiger partial charge is 0.573 e. The molecular weight excluding hydrogens is 411 g/mol. The van der Waals surface area contributed by atoms with Crippen LogP contribution in [0.25, 0.3) is 16.8 Å². The molecule has 0 fully saturated rings. The molecule has 10 heteroatoms. The van der Waals surface area contributed by atoms with Gasteiger partial charge >= 0.3 is 6.36 Å². The molecule has 0 spiro atoms. The number of nitrogen functional groups attached to an aromatic ring is 1. The average Bonchev–Trinajstić information content (AvgIpc) is 3.06. The fourth-order valence-corrected chi connectivity index (χ4v) is 3.05. The number of nitrogens with zero attached hydrogens (tertiary/aromatic N) is 3. The lowest BCUT2D eigenvalue weighted by Gasteiger charge is -2.11. The number of nitrogens with two attached hydrogens (primary N) is 1. The number of amides is 1. The third-order valence-electron chi connectivity index (χ3n) is 4.36. The molecule has 158 valence electrons. The van der Waals surface area contributed by atoms with Crippen LogP contribution < -0.4 is 15.8 Å². The number of hydrogen-bond acceptors (Lipinski definition) is 5. The van der Waals surface area contributed by atoms with Gasteiger partial charge in [-0.25, -0.2) is 4.52 Å². The van der Waals surface area contributed by atoms with Crippen LogP contribution in [-0.2, 0) is 11.2 Å². The molecule has 2 aromatic carbocycles. The van der Waals surface area contributed by atoms with E-state index in [1.165, 1.54) is 12.1 Å². The molecule has 0 saturated carbocycles. The fraction of sp³-hybridized carbons (Fsp3) is 0.0952. The Bertz CT molecular complexity index is 1240. The first kappa shape index (κ1) is 20.2. The van der Waals surface area contributed by atoms with Gasteiger partial charge in [0.15, 0.2) is 5.65 Å². The van der Waals surface area contributed by atoms with E-state index in [0.717, 1.165) is 28.8 Å². The monoisotopic (exact) mass is 427 g/mol. The summed E-state index contributed by atoms with van der Waals surface area (Å²) in [7, 11) is 0. The summed E-state index contributed by atoms with van der Waals surface area (Å²) in [6.07, 6.45) is -2.98. The molecule has 1 amide bonds. The molecule has 0 aliphatic carbocycles. The maximum Gasteiger partial charge on any atom is 0.573 e. The highest BCUT2D eigenvalue weighted by molar-refractivity contribution is 5.92. The van der Waals surface area contributed by atoms with Gasteiger partial charge in [0.2, 0.25) is 11.9 Å². The van der Waals surface area contributed by atoms with E-state index in [1.54, 1.807) is 22.8 Å². The van der Waals surface area contributed by atoms with Crippen LogP contribution in [0.5, 0.6) is 5.75 Å². The highest BCUT2D eigenvalue weighted by atomic mass is 19.4. The molecule has 4 rings (SSSR count).